The maximum absolute atomic E-state index is 12.0. The third kappa shape index (κ3) is 7.49. The molecule has 2 aromatic rings. The second kappa shape index (κ2) is 11.3. The Morgan fingerprint density at radius 1 is 1.16 bits per heavy atom. The van der Waals surface area contributed by atoms with Gasteiger partial charge in [-0.05, 0) is 58.6 Å². The van der Waals surface area contributed by atoms with Crippen LogP contribution in [0.4, 0.5) is 0 Å². The van der Waals surface area contributed by atoms with Crippen molar-refractivity contribution >= 4 is 25.8 Å². The molecule has 8 heteroatoms. The Morgan fingerprint density at radius 3 is 2.55 bits per heavy atom. The van der Waals surface area contributed by atoms with Crippen molar-refractivity contribution in [2.45, 2.75) is 38.5 Å². The Balaban J connectivity index is 1.64. The summed E-state index contributed by atoms with van der Waals surface area (Å²) in [5.41, 5.74) is 1.05. The van der Waals surface area contributed by atoms with Crippen LogP contribution >= 0.6 is 15.9 Å². The molecular formula is C23H30BrNO5S. The van der Waals surface area contributed by atoms with Gasteiger partial charge in [0.1, 0.15) is 24.2 Å². The summed E-state index contributed by atoms with van der Waals surface area (Å²) in [5.74, 6) is 1.81. The van der Waals surface area contributed by atoms with Crippen LogP contribution in [0.25, 0.3) is 0 Å². The molecule has 0 radical (unpaired) electrons. The molecule has 1 N–H and O–H groups in total. The van der Waals surface area contributed by atoms with Gasteiger partial charge in [-0.25, -0.2) is 8.42 Å². The molecule has 2 atom stereocenters. The third-order valence-electron chi connectivity index (χ3n) is 5.22. The van der Waals surface area contributed by atoms with Crippen molar-refractivity contribution < 1.29 is 23.0 Å². The molecule has 0 aromatic heterocycles. The first-order chi connectivity index (χ1) is 14.9. The van der Waals surface area contributed by atoms with Crippen LogP contribution < -0.4 is 9.47 Å². The average Bonchev–Trinajstić information content (AvgIpc) is 3.12. The highest BCUT2D eigenvalue weighted by Crippen LogP contribution is 2.25. The van der Waals surface area contributed by atoms with E-state index in [1.807, 2.05) is 48.5 Å². The van der Waals surface area contributed by atoms with Gasteiger partial charge in [0.15, 0.2) is 9.84 Å². The van der Waals surface area contributed by atoms with Crippen molar-refractivity contribution in [3.63, 3.8) is 0 Å². The van der Waals surface area contributed by atoms with Gasteiger partial charge < -0.3 is 14.6 Å². The largest absolute Gasteiger partial charge is 0.494 e. The molecule has 0 aliphatic carbocycles. The third-order valence-corrected chi connectivity index (χ3v) is 7.63. The zero-order valence-corrected chi connectivity index (χ0v) is 20.1. The molecule has 1 aliphatic rings. The van der Waals surface area contributed by atoms with Gasteiger partial charge in [-0.2, -0.15) is 0 Å². The van der Waals surface area contributed by atoms with E-state index in [-0.39, 0.29) is 24.2 Å². The number of para-hydroxylation sites is 1. The van der Waals surface area contributed by atoms with Crippen molar-refractivity contribution in [2.24, 2.45) is 0 Å². The first-order valence-corrected chi connectivity index (χ1v) is 13.2. The second-order valence-electron chi connectivity index (χ2n) is 7.87. The summed E-state index contributed by atoms with van der Waals surface area (Å²) < 4.78 is 36.3. The number of nitrogens with zero attached hydrogens (tertiary/aromatic N) is 1. The van der Waals surface area contributed by atoms with Crippen molar-refractivity contribution in [3.05, 3.63) is 58.6 Å². The highest BCUT2D eigenvalue weighted by molar-refractivity contribution is 9.10. The van der Waals surface area contributed by atoms with Crippen LogP contribution in [0, 0.1) is 0 Å². The summed E-state index contributed by atoms with van der Waals surface area (Å²) in [6.07, 6.45) is 0.783. The molecule has 1 fully saturated rings. The van der Waals surface area contributed by atoms with Crippen molar-refractivity contribution in [3.8, 4) is 11.5 Å². The van der Waals surface area contributed by atoms with Gasteiger partial charge in [-0.1, -0.05) is 31.2 Å². The quantitative estimate of drug-likeness (QED) is 0.495. The number of benzene rings is 2. The van der Waals surface area contributed by atoms with Crippen LogP contribution in [-0.2, 0) is 16.4 Å². The number of sulfone groups is 1. The lowest BCUT2D eigenvalue weighted by Gasteiger charge is -2.30. The summed E-state index contributed by atoms with van der Waals surface area (Å²) >= 11 is 3.44. The summed E-state index contributed by atoms with van der Waals surface area (Å²) in [4.78, 5) is 2.06. The first kappa shape index (κ1) is 24.0. The molecule has 1 saturated heterocycles. The van der Waals surface area contributed by atoms with Crippen LogP contribution in [0.2, 0.25) is 0 Å². The highest BCUT2D eigenvalue weighted by Gasteiger charge is 2.33. The minimum absolute atomic E-state index is 0.112. The number of rotatable bonds is 11. The van der Waals surface area contributed by atoms with Gasteiger partial charge >= 0.3 is 0 Å². The van der Waals surface area contributed by atoms with E-state index < -0.39 is 15.9 Å². The Kier molecular flexibility index (Phi) is 8.77. The molecule has 6 nitrogen and oxygen atoms in total. The van der Waals surface area contributed by atoms with Gasteiger partial charge in [-0.3, -0.25) is 4.90 Å². The van der Waals surface area contributed by atoms with Crippen LogP contribution in [0.5, 0.6) is 11.5 Å². The Morgan fingerprint density at radius 2 is 1.90 bits per heavy atom. The van der Waals surface area contributed by atoms with Crippen molar-refractivity contribution in [2.75, 3.05) is 31.3 Å². The van der Waals surface area contributed by atoms with E-state index >= 15 is 0 Å². The lowest BCUT2D eigenvalue weighted by molar-refractivity contribution is 0.0522. The summed E-state index contributed by atoms with van der Waals surface area (Å²) in [5, 5.41) is 10.6. The fourth-order valence-electron chi connectivity index (χ4n) is 3.62. The minimum Gasteiger partial charge on any atom is -0.494 e. The van der Waals surface area contributed by atoms with Crippen LogP contribution in [-0.4, -0.2) is 61.8 Å². The molecule has 0 spiro atoms. The van der Waals surface area contributed by atoms with E-state index in [4.69, 9.17) is 9.47 Å². The molecule has 3 rings (SSSR count). The van der Waals surface area contributed by atoms with Crippen LogP contribution in [0.3, 0.4) is 0 Å². The normalized spacial score (nSPS) is 18.8. The number of ether oxygens (including phenoxy) is 2. The molecule has 0 saturated carbocycles. The minimum atomic E-state index is -3.03. The van der Waals surface area contributed by atoms with E-state index in [1.165, 1.54) is 0 Å². The molecule has 31 heavy (non-hydrogen) atoms. The predicted molar refractivity (Wildman–Crippen MR) is 125 cm³/mol. The number of aliphatic hydroxyl groups is 1. The molecule has 170 valence electrons. The van der Waals surface area contributed by atoms with Gasteiger partial charge in [0.05, 0.1) is 22.6 Å². The van der Waals surface area contributed by atoms with E-state index in [0.717, 1.165) is 22.2 Å². The monoisotopic (exact) mass is 511 g/mol. The number of halogens is 1. The molecule has 2 aromatic carbocycles. The summed E-state index contributed by atoms with van der Waals surface area (Å²) in [6, 6.07) is 15.2. The van der Waals surface area contributed by atoms with Crippen LogP contribution in [0.1, 0.15) is 25.3 Å². The molecule has 1 heterocycles. The zero-order chi connectivity index (χ0) is 22.3. The number of aliphatic hydroxyl groups excluding tert-OH is 1. The first-order valence-electron chi connectivity index (χ1n) is 10.6. The highest BCUT2D eigenvalue weighted by atomic mass is 79.9. The van der Waals surface area contributed by atoms with Gasteiger partial charge in [0.2, 0.25) is 0 Å². The molecule has 2 unspecified atom stereocenters. The lowest BCUT2D eigenvalue weighted by atomic mass is 10.1. The lowest BCUT2D eigenvalue weighted by Crippen LogP contribution is -2.42. The SMILES string of the molecule is CCCOc1ccc(CN(CC(O)COc2ccccc2Br)C2CCS(=O)(=O)C2)cc1. The predicted octanol–water partition coefficient (Wildman–Crippen LogP) is 3.67. The van der Waals surface area contributed by atoms with Crippen molar-refractivity contribution in [1.29, 1.82) is 0 Å². The van der Waals surface area contributed by atoms with E-state index in [0.29, 0.717) is 31.9 Å². The van der Waals surface area contributed by atoms with Gasteiger partial charge in [0.25, 0.3) is 0 Å². The fraction of sp³-hybridized carbons (Fsp3) is 0.478. The second-order valence-corrected chi connectivity index (χ2v) is 11.0. The molecule has 1 aliphatic heterocycles. The maximum atomic E-state index is 12.0. The molecule has 0 bridgehead atoms. The van der Waals surface area contributed by atoms with E-state index in [9.17, 15) is 13.5 Å². The number of hydrogen-bond acceptors (Lipinski definition) is 6. The Labute approximate surface area is 193 Å². The topological polar surface area (TPSA) is 76.1 Å². The molecule has 0 amide bonds. The average molecular weight is 512 g/mol. The standard InChI is InChI=1S/C23H30BrNO5S/c1-2-12-29-21-9-7-18(8-10-21)14-25(19-11-13-31(27,28)17-19)15-20(26)16-30-23-6-4-3-5-22(23)24/h3-10,19-20,26H,2,11-17H2,1H3. The fourth-order valence-corrected chi connectivity index (χ4v) is 5.78. The van der Waals surface area contributed by atoms with Gasteiger partial charge in [-0.15, -0.1) is 0 Å². The summed E-state index contributed by atoms with van der Waals surface area (Å²) in [7, 11) is -3.03. The van der Waals surface area contributed by atoms with Crippen LogP contribution in [0.15, 0.2) is 53.0 Å². The summed E-state index contributed by atoms with van der Waals surface area (Å²) in [6.45, 7) is 3.75. The zero-order valence-electron chi connectivity index (χ0n) is 17.7. The van der Waals surface area contributed by atoms with Crippen molar-refractivity contribution in [1.82, 2.24) is 4.90 Å². The molecular weight excluding hydrogens is 482 g/mol. The number of hydrogen-bond donors (Lipinski definition) is 1. The smallest absolute Gasteiger partial charge is 0.151 e. The van der Waals surface area contributed by atoms with E-state index in [2.05, 4.69) is 27.8 Å². The Hall–Kier alpha value is -1.61. The maximum Gasteiger partial charge on any atom is 0.151 e. The Bertz CT molecular complexity index is 935. The van der Waals surface area contributed by atoms with E-state index in [1.54, 1.807) is 0 Å². The van der Waals surface area contributed by atoms with Gasteiger partial charge in [0, 0.05) is 19.1 Å².